The lowest BCUT2D eigenvalue weighted by Crippen LogP contribution is -2.51. The maximum atomic E-state index is 13.8. The Labute approximate surface area is 205 Å². The van der Waals surface area contributed by atoms with E-state index >= 15 is 0 Å². The number of hydrazone groups is 1. The van der Waals surface area contributed by atoms with Crippen LogP contribution in [0.5, 0.6) is 0 Å². The largest absolute Gasteiger partial charge is 0.292 e. The van der Waals surface area contributed by atoms with Crippen LogP contribution in [0.15, 0.2) is 94.9 Å². The number of amides is 1. The van der Waals surface area contributed by atoms with E-state index in [0.717, 1.165) is 16.9 Å². The number of rotatable bonds is 4. The molecule has 5 nitrogen and oxygen atoms in total. The topological polar surface area (TPSA) is 53.0 Å². The van der Waals surface area contributed by atoms with Crippen molar-refractivity contribution in [3.63, 3.8) is 0 Å². The molecule has 1 fully saturated rings. The second kappa shape index (κ2) is 8.74. The van der Waals surface area contributed by atoms with Crippen molar-refractivity contribution < 1.29 is 9.59 Å². The van der Waals surface area contributed by atoms with Crippen LogP contribution in [-0.4, -0.2) is 21.1 Å². The number of Topliss-reactive ketones (excluding diaryl/α,β-unsaturated/α-hetero) is 1. The van der Waals surface area contributed by atoms with E-state index in [1.165, 1.54) is 30.4 Å². The van der Waals surface area contributed by atoms with E-state index in [9.17, 15) is 9.59 Å². The Balaban J connectivity index is 1.69. The standard InChI is InChI=1S/C25H18ClN3O2S2/c1-17(30)23-27-29(21-14-12-19(26)13-15-21)25(33-23)28(20-10-6-3-7-11-20)24(31)22(32-25)16-18-8-4-2-5-9-18/h2-16H,1H3. The van der Waals surface area contributed by atoms with Crippen LogP contribution in [0.1, 0.15) is 12.5 Å². The second-order valence-corrected chi connectivity index (χ2v) is 10.5. The number of nitrogens with zero attached hydrogens (tertiary/aromatic N) is 3. The van der Waals surface area contributed by atoms with E-state index in [2.05, 4.69) is 5.10 Å². The monoisotopic (exact) mass is 491 g/mol. The van der Waals surface area contributed by atoms with Crippen molar-refractivity contribution in [2.75, 3.05) is 9.91 Å². The number of ketones is 1. The molecule has 0 saturated carbocycles. The second-order valence-electron chi connectivity index (χ2n) is 7.40. The summed E-state index contributed by atoms with van der Waals surface area (Å²) < 4.78 is -1.03. The van der Waals surface area contributed by atoms with Crippen LogP contribution in [0.2, 0.25) is 5.02 Å². The molecule has 164 valence electrons. The van der Waals surface area contributed by atoms with Crippen LogP contribution in [-0.2, 0) is 9.59 Å². The molecule has 1 unspecified atom stereocenters. The molecule has 1 spiro atoms. The Morgan fingerprint density at radius 3 is 2.18 bits per heavy atom. The summed E-state index contributed by atoms with van der Waals surface area (Å²) in [6.07, 6.45) is 1.88. The van der Waals surface area contributed by atoms with Crippen molar-refractivity contribution >= 4 is 69.3 Å². The van der Waals surface area contributed by atoms with Crippen LogP contribution in [0.25, 0.3) is 6.08 Å². The van der Waals surface area contributed by atoms with E-state index in [0.29, 0.717) is 15.0 Å². The van der Waals surface area contributed by atoms with Gasteiger partial charge in [-0.3, -0.25) is 14.5 Å². The molecule has 0 radical (unpaired) electrons. The van der Waals surface area contributed by atoms with Crippen LogP contribution in [0.4, 0.5) is 11.4 Å². The molecule has 1 saturated heterocycles. The zero-order valence-electron chi connectivity index (χ0n) is 17.5. The maximum absolute atomic E-state index is 13.8. The number of thioether (sulfide) groups is 2. The van der Waals surface area contributed by atoms with Gasteiger partial charge in [-0.2, -0.15) is 5.10 Å². The van der Waals surface area contributed by atoms with Gasteiger partial charge in [0.25, 0.3) is 5.91 Å². The predicted molar refractivity (Wildman–Crippen MR) is 138 cm³/mol. The summed E-state index contributed by atoms with van der Waals surface area (Å²) in [7, 11) is 0. The summed E-state index contributed by atoms with van der Waals surface area (Å²) in [4.78, 5) is 28.5. The number of anilines is 2. The van der Waals surface area contributed by atoms with Crippen molar-refractivity contribution in [1.29, 1.82) is 0 Å². The molecular formula is C25H18ClN3O2S2. The predicted octanol–water partition coefficient (Wildman–Crippen LogP) is 6.23. The molecule has 2 aliphatic rings. The molecule has 2 heterocycles. The average Bonchev–Trinajstić information content (AvgIpc) is 3.33. The zero-order chi connectivity index (χ0) is 23.0. The van der Waals surface area contributed by atoms with E-state index in [-0.39, 0.29) is 11.7 Å². The van der Waals surface area contributed by atoms with Gasteiger partial charge in [0.2, 0.25) is 4.33 Å². The first kappa shape index (κ1) is 21.8. The van der Waals surface area contributed by atoms with Crippen LogP contribution in [0.3, 0.4) is 0 Å². The lowest BCUT2D eigenvalue weighted by atomic mass is 10.2. The van der Waals surface area contributed by atoms with Gasteiger partial charge in [0.05, 0.1) is 10.6 Å². The molecular weight excluding hydrogens is 474 g/mol. The molecule has 0 aromatic heterocycles. The molecule has 0 aliphatic carbocycles. The van der Waals surface area contributed by atoms with Gasteiger partial charge in [-0.15, -0.1) is 0 Å². The molecule has 8 heteroatoms. The Kier molecular flexibility index (Phi) is 5.78. The number of para-hydroxylation sites is 1. The first-order valence-corrected chi connectivity index (χ1v) is 12.2. The third kappa shape index (κ3) is 3.97. The minimum Gasteiger partial charge on any atom is -0.292 e. The lowest BCUT2D eigenvalue weighted by Gasteiger charge is -2.38. The molecule has 0 bridgehead atoms. The molecule has 0 N–H and O–H groups in total. The highest BCUT2D eigenvalue weighted by atomic mass is 35.5. The lowest BCUT2D eigenvalue weighted by molar-refractivity contribution is -0.114. The minimum atomic E-state index is -1.03. The highest BCUT2D eigenvalue weighted by Gasteiger charge is 2.59. The average molecular weight is 492 g/mol. The number of benzene rings is 3. The summed E-state index contributed by atoms with van der Waals surface area (Å²) in [5.74, 6) is -0.307. The molecule has 1 amide bonds. The Morgan fingerprint density at radius 2 is 1.55 bits per heavy atom. The number of hydrogen-bond donors (Lipinski definition) is 0. The summed E-state index contributed by atoms with van der Waals surface area (Å²) >= 11 is 8.78. The highest BCUT2D eigenvalue weighted by Crippen LogP contribution is 2.59. The van der Waals surface area contributed by atoms with Crippen molar-refractivity contribution in [3.8, 4) is 0 Å². The van der Waals surface area contributed by atoms with Crippen LogP contribution < -0.4 is 9.91 Å². The van der Waals surface area contributed by atoms with E-state index in [4.69, 9.17) is 11.6 Å². The van der Waals surface area contributed by atoms with Crippen molar-refractivity contribution in [3.05, 3.63) is 100 Å². The summed E-state index contributed by atoms with van der Waals surface area (Å²) in [6.45, 7) is 1.49. The van der Waals surface area contributed by atoms with Crippen molar-refractivity contribution in [1.82, 2.24) is 0 Å². The first-order chi connectivity index (χ1) is 16.0. The highest BCUT2D eigenvalue weighted by molar-refractivity contribution is 8.29. The SMILES string of the molecule is CC(=O)C1=NN(c2ccc(Cl)cc2)C2(SC(=Cc3ccccc3)C(=O)N2c2ccccc2)S1. The number of carbonyl (C=O) groups excluding carboxylic acids is 2. The molecule has 33 heavy (non-hydrogen) atoms. The molecule has 1 atom stereocenters. The third-order valence-corrected chi connectivity index (χ3v) is 8.18. The van der Waals surface area contributed by atoms with Crippen molar-refractivity contribution in [2.45, 2.75) is 11.3 Å². The molecule has 3 aromatic carbocycles. The fourth-order valence-corrected chi connectivity index (χ4v) is 6.62. The fraction of sp³-hybridized carbons (Fsp3) is 0.0800. The summed E-state index contributed by atoms with van der Waals surface area (Å²) in [5.41, 5.74) is 2.37. The minimum absolute atomic E-state index is 0.151. The van der Waals surface area contributed by atoms with Gasteiger partial charge in [0, 0.05) is 17.6 Å². The Bertz CT molecular complexity index is 1280. The van der Waals surface area contributed by atoms with Gasteiger partial charge in [-0.1, -0.05) is 71.9 Å². The van der Waals surface area contributed by atoms with Crippen LogP contribution in [0, 0.1) is 0 Å². The normalized spacial score (nSPS) is 21.2. The van der Waals surface area contributed by atoms with Gasteiger partial charge in [-0.25, -0.2) is 5.01 Å². The van der Waals surface area contributed by atoms with Gasteiger partial charge in [-0.05, 0) is 59.8 Å². The van der Waals surface area contributed by atoms with Gasteiger partial charge < -0.3 is 0 Å². The smallest absolute Gasteiger partial charge is 0.268 e. The Morgan fingerprint density at radius 1 is 0.909 bits per heavy atom. The van der Waals surface area contributed by atoms with Crippen LogP contribution >= 0.6 is 35.1 Å². The van der Waals surface area contributed by atoms with Gasteiger partial charge >= 0.3 is 0 Å². The number of carbonyl (C=O) groups is 2. The molecule has 5 rings (SSSR count). The van der Waals surface area contributed by atoms with E-state index in [1.54, 1.807) is 22.0 Å². The van der Waals surface area contributed by atoms with E-state index in [1.807, 2.05) is 78.9 Å². The fourth-order valence-electron chi connectivity index (χ4n) is 3.61. The third-order valence-electron chi connectivity index (χ3n) is 5.11. The molecule has 3 aromatic rings. The summed E-state index contributed by atoms with van der Waals surface area (Å²) in [5, 5.41) is 7.33. The quantitative estimate of drug-likeness (QED) is 0.405. The van der Waals surface area contributed by atoms with Gasteiger partial charge in [0.1, 0.15) is 0 Å². The van der Waals surface area contributed by atoms with Crippen molar-refractivity contribution in [2.24, 2.45) is 5.10 Å². The Hall–Kier alpha value is -3.00. The zero-order valence-corrected chi connectivity index (χ0v) is 19.9. The first-order valence-electron chi connectivity index (χ1n) is 10.2. The summed E-state index contributed by atoms with van der Waals surface area (Å²) in [6, 6.07) is 26.4. The van der Waals surface area contributed by atoms with Gasteiger partial charge in [0.15, 0.2) is 10.8 Å². The van der Waals surface area contributed by atoms with E-state index < -0.39 is 4.33 Å². The molecule has 2 aliphatic heterocycles. The maximum Gasteiger partial charge on any atom is 0.268 e. The number of halogens is 1. The number of hydrogen-bond acceptors (Lipinski definition) is 6.